The van der Waals surface area contributed by atoms with Gasteiger partial charge in [0.15, 0.2) is 0 Å². The van der Waals surface area contributed by atoms with Gasteiger partial charge in [-0.05, 0) is 42.2 Å². The molecule has 0 saturated carbocycles. The van der Waals surface area contributed by atoms with Crippen molar-refractivity contribution < 1.29 is 9.52 Å². The van der Waals surface area contributed by atoms with Crippen molar-refractivity contribution >= 4 is 16.5 Å². The molecule has 120 valence electrons. The SMILES string of the molecule is O[C@H](C[C@H]1C2=CCCC=C2c2cncn21)c1ccc2occc2c1. The van der Waals surface area contributed by atoms with E-state index in [0.717, 1.165) is 29.4 Å². The largest absolute Gasteiger partial charge is 0.464 e. The second-order valence-corrected chi connectivity index (χ2v) is 6.53. The molecule has 0 amide bonds. The van der Waals surface area contributed by atoms with Crippen LogP contribution in [-0.4, -0.2) is 14.7 Å². The molecule has 0 bridgehead atoms. The van der Waals surface area contributed by atoms with E-state index in [-0.39, 0.29) is 6.04 Å². The topological polar surface area (TPSA) is 51.2 Å². The predicted octanol–water partition coefficient (Wildman–Crippen LogP) is 4.41. The number of benzene rings is 1. The van der Waals surface area contributed by atoms with Crippen LogP contribution < -0.4 is 0 Å². The number of fused-ring (bicyclic) bond motifs is 4. The number of rotatable bonds is 3. The van der Waals surface area contributed by atoms with E-state index in [1.807, 2.05) is 36.8 Å². The van der Waals surface area contributed by atoms with Crippen LogP contribution in [0.15, 0.2) is 65.2 Å². The Balaban J connectivity index is 1.48. The summed E-state index contributed by atoms with van der Waals surface area (Å²) in [5.74, 6) is 0. The minimum Gasteiger partial charge on any atom is -0.464 e. The van der Waals surface area contributed by atoms with Crippen LogP contribution in [0.4, 0.5) is 0 Å². The number of aliphatic hydroxyl groups is 1. The fourth-order valence-corrected chi connectivity index (χ4v) is 3.95. The highest BCUT2D eigenvalue weighted by Crippen LogP contribution is 2.46. The van der Waals surface area contributed by atoms with Gasteiger partial charge in [-0.1, -0.05) is 18.2 Å². The molecule has 0 fully saturated rings. The Morgan fingerprint density at radius 3 is 3.12 bits per heavy atom. The summed E-state index contributed by atoms with van der Waals surface area (Å²) in [5.41, 5.74) is 5.58. The van der Waals surface area contributed by atoms with Crippen LogP contribution in [0, 0.1) is 0 Å². The van der Waals surface area contributed by atoms with E-state index in [1.165, 1.54) is 16.8 Å². The number of aromatic nitrogens is 2. The molecule has 4 heteroatoms. The molecule has 3 aromatic rings. The van der Waals surface area contributed by atoms with Gasteiger partial charge in [0.05, 0.1) is 36.6 Å². The monoisotopic (exact) mass is 318 g/mol. The third kappa shape index (κ3) is 2.00. The van der Waals surface area contributed by atoms with Gasteiger partial charge in [0, 0.05) is 17.4 Å². The van der Waals surface area contributed by atoms with Gasteiger partial charge in [0.1, 0.15) is 5.58 Å². The third-order valence-corrected chi connectivity index (χ3v) is 5.13. The van der Waals surface area contributed by atoms with E-state index in [0.29, 0.717) is 6.42 Å². The molecule has 1 aliphatic carbocycles. The molecule has 3 heterocycles. The van der Waals surface area contributed by atoms with E-state index in [2.05, 4.69) is 21.7 Å². The fraction of sp³-hybridized carbons (Fsp3) is 0.250. The van der Waals surface area contributed by atoms with Gasteiger partial charge in [0.25, 0.3) is 0 Å². The molecule has 4 nitrogen and oxygen atoms in total. The highest BCUT2D eigenvalue weighted by Gasteiger charge is 2.33. The Labute approximate surface area is 139 Å². The summed E-state index contributed by atoms with van der Waals surface area (Å²) in [7, 11) is 0. The van der Waals surface area contributed by atoms with Crippen LogP contribution in [0.1, 0.15) is 42.7 Å². The maximum absolute atomic E-state index is 10.8. The lowest BCUT2D eigenvalue weighted by atomic mass is 9.90. The number of hydrogen-bond donors (Lipinski definition) is 1. The van der Waals surface area contributed by atoms with Gasteiger partial charge in [0.2, 0.25) is 0 Å². The molecule has 1 aliphatic heterocycles. The summed E-state index contributed by atoms with van der Waals surface area (Å²) in [5, 5.41) is 11.8. The molecular formula is C20H18N2O2. The second-order valence-electron chi connectivity index (χ2n) is 6.53. The van der Waals surface area contributed by atoms with Crippen LogP contribution in [0.2, 0.25) is 0 Å². The lowest BCUT2D eigenvalue weighted by Gasteiger charge is -2.20. The number of nitrogens with zero attached hydrogens (tertiary/aromatic N) is 2. The summed E-state index contributed by atoms with van der Waals surface area (Å²) in [6.07, 6.45) is 12.4. The van der Waals surface area contributed by atoms with Gasteiger partial charge in [-0.3, -0.25) is 0 Å². The normalized spacial score (nSPS) is 20.5. The quantitative estimate of drug-likeness (QED) is 0.778. The molecular weight excluding hydrogens is 300 g/mol. The van der Waals surface area contributed by atoms with Crippen molar-refractivity contribution in [2.24, 2.45) is 0 Å². The highest BCUT2D eigenvalue weighted by atomic mass is 16.3. The molecule has 1 N–H and O–H groups in total. The Bertz CT molecular complexity index is 976. The van der Waals surface area contributed by atoms with E-state index in [4.69, 9.17) is 4.42 Å². The summed E-state index contributed by atoms with van der Waals surface area (Å²) in [6.45, 7) is 0. The minimum atomic E-state index is -0.522. The smallest absolute Gasteiger partial charge is 0.133 e. The molecule has 2 atom stereocenters. The zero-order valence-corrected chi connectivity index (χ0v) is 13.2. The van der Waals surface area contributed by atoms with E-state index < -0.39 is 6.10 Å². The van der Waals surface area contributed by atoms with Gasteiger partial charge >= 0.3 is 0 Å². The first-order chi connectivity index (χ1) is 11.8. The number of imidazole rings is 1. The standard InChI is InChI=1S/C20H18N2O2/c23-19(13-5-6-20-14(9-13)7-8-24-20)10-17-15-3-1-2-4-16(15)18-11-21-12-22(17)18/h3-9,11-12,17,19,23H,1-2,10H2/t17-,19+/m0/s1. The maximum Gasteiger partial charge on any atom is 0.133 e. The van der Waals surface area contributed by atoms with Crippen LogP contribution in [0.25, 0.3) is 16.5 Å². The van der Waals surface area contributed by atoms with E-state index >= 15 is 0 Å². The maximum atomic E-state index is 10.8. The number of aliphatic hydroxyl groups excluding tert-OH is 1. The molecule has 0 saturated heterocycles. The number of allylic oxidation sites excluding steroid dienone is 4. The van der Waals surface area contributed by atoms with Crippen molar-refractivity contribution in [1.82, 2.24) is 9.55 Å². The molecule has 0 radical (unpaired) electrons. The van der Waals surface area contributed by atoms with Crippen LogP contribution in [-0.2, 0) is 0 Å². The molecule has 2 aliphatic rings. The molecule has 0 unspecified atom stereocenters. The molecule has 0 spiro atoms. The summed E-state index contributed by atoms with van der Waals surface area (Å²) >= 11 is 0. The summed E-state index contributed by atoms with van der Waals surface area (Å²) in [4.78, 5) is 4.30. The first kappa shape index (κ1) is 13.8. The first-order valence-corrected chi connectivity index (χ1v) is 8.39. The van der Waals surface area contributed by atoms with Crippen LogP contribution in [0.5, 0.6) is 0 Å². The van der Waals surface area contributed by atoms with E-state index in [9.17, 15) is 5.11 Å². The summed E-state index contributed by atoms with van der Waals surface area (Å²) < 4.78 is 7.58. The molecule has 24 heavy (non-hydrogen) atoms. The van der Waals surface area contributed by atoms with Crippen molar-refractivity contribution in [2.45, 2.75) is 31.4 Å². The first-order valence-electron chi connectivity index (χ1n) is 8.39. The fourth-order valence-electron chi connectivity index (χ4n) is 3.95. The Hall–Kier alpha value is -2.59. The zero-order valence-electron chi connectivity index (χ0n) is 13.2. The molecule has 1 aromatic carbocycles. The predicted molar refractivity (Wildman–Crippen MR) is 92.3 cm³/mol. The number of hydrogen-bond acceptors (Lipinski definition) is 3. The average molecular weight is 318 g/mol. The Morgan fingerprint density at radius 1 is 1.25 bits per heavy atom. The lowest BCUT2D eigenvalue weighted by Crippen LogP contribution is -2.11. The van der Waals surface area contributed by atoms with Crippen molar-refractivity contribution in [1.29, 1.82) is 0 Å². The lowest BCUT2D eigenvalue weighted by molar-refractivity contribution is 0.153. The van der Waals surface area contributed by atoms with Gasteiger partial charge in [-0.25, -0.2) is 4.98 Å². The Kier molecular flexibility index (Phi) is 3.00. The third-order valence-electron chi connectivity index (χ3n) is 5.13. The second kappa shape index (κ2) is 5.21. The van der Waals surface area contributed by atoms with Crippen molar-refractivity contribution in [3.05, 3.63) is 72.0 Å². The minimum absolute atomic E-state index is 0.157. The molecule has 5 rings (SSSR count). The Morgan fingerprint density at radius 2 is 2.17 bits per heavy atom. The van der Waals surface area contributed by atoms with Crippen molar-refractivity contribution in [2.75, 3.05) is 0 Å². The van der Waals surface area contributed by atoms with Gasteiger partial charge in [-0.15, -0.1) is 0 Å². The van der Waals surface area contributed by atoms with Crippen molar-refractivity contribution in [3.63, 3.8) is 0 Å². The van der Waals surface area contributed by atoms with Gasteiger partial charge in [-0.2, -0.15) is 0 Å². The van der Waals surface area contributed by atoms with Crippen LogP contribution in [0.3, 0.4) is 0 Å². The summed E-state index contributed by atoms with van der Waals surface area (Å²) in [6, 6.07) is 7.98. The van der Waals surface area contributed by atoms with Crippen LogP contribution >= 0.6 is 0 Å². The van der Waals surface area contributed by atoms with Crippen molar-refractivity contribution in [3.8, 4) is 0 Å². The number of furan rings is 1. The molecule has 2 aromatic heterocycles. The van der Waals surface area contributed by atoms with E-state index in [1.54, 1.807) is 6.26 Å². The average Bonchev–Trinajstić information content (AvgIpc) is 3.31. The van der Waals surface area contributed by atoms with Gasteiger partial charge < -0.3 is 14.1 Å². The highest BCUT2D eigenvalue weighted by molar-refractivity contribution is 5.82. The zero-order chi connectivity index (χ0) is 16.1.